The van der Waals surface area contributed by atoms with E-state index >= 15 is 0 Å². The number of benzene rings is 3. The lowest BCUT2D eigenvalue weighted by Crippen LogP contribution is -2.41. The minimum atomic E-state index is -0.157. The molecule has 0 aromatic heterocycles. The fourth-order valence-electron chi connectivity index (χ4n) is 2.68. The molecule has 0 heterocycles. The van der Waals surface area contributed by atoms with Crippen molar-refractivity contribution in [3.05, 3.63) is 84.9 Å². The van der Waals surface area contributed by atoms with E-state index in [9.17, 15) is 0 Å². The molecular formula is C22H24B2N2O2. The van der Waals surface area contributed by atoms with E-state index in [0.717, 1.165) is 22.3 Å². The van der Waals surface area contributed by atoms with Gasteiger partial charge in [-0.2, -0.15) is 0 Å². The molecule has 0 aliphatic heterocycles. The van der Waals surface area contributed by atoms with Crippen LogP contribution >= 0.6 is 0 Å². The van der Waals surface area contributed by atoms with Gasteiger partial charge in [0.1, 0.15) is 12.5 Å². The Morgan fingerprint density at radius 2 is 0.929 bits per heavy atom. The van der Waals surface area contributed by atoms with E-state index < -0.39 is 0 Å². The smallest absolute Gasteiger partial charge is 0.332 e. The second kappa shape index (κ2) is 10.6. The zero-order chi connectivity index (χ0) is 19.6. The van der Waals surface area contributed by atoms with Gasteiger partial charge >= 0.3 is 15.0 Å². The van der Waals surface area contributed by atoms with Crippen LogP contribution in [-0.4, -0.2) is 27.4 Å². The molecule has 28 heavy (non-hydrogen) atoms. The number of nitrogens with one attached hydrogen (secondary N) is 2. The summed E-state index contributed by atoms with van der Waals surface area (Å²) < 4.78 is 11.7. The highest BCUT2D eigenvalue weighted by Gasteiger charge is 2.11. The maximum atomic E-state index is 5.85. The summed E-state index contributed by atoms with van der Waals surface area (Å²) in [5.74, 6) is 0. The van der Waals surface area contributed by atoms with E-state index in [0.29, 0.717) is 0 Å². The summed E-state index contributed by atoms with van der Waals surface area (Å²) in [5, 5.41) is 6.61. The highest BCUT2D eigenvalue weighted by molar-refractivity contribution is 6.61. The van der Waals surface area contributed by atoms with Gasteiger partial charge in [-0.1, -0.05) is 71.6 Å². The molecular weight excluding hydrogens is 346 g/mol. The average molecular weight is 370 g/mol. The summed E-state index contributed by atoms with van der Waals surface area (Å²) in [6.45, 7) is 3.94. The van der Waals surface area contributed by atoms with Gasteiger partial charge in [0.15, 0.2) is 0 Å². The number of hydrogen-bond donors (Lipinski definition) is 2. The molecule has 140 valence electrons. The normalized spacial score (nSPS) is 12.6. The Kier molecular flexibility index (Phi) is 7.59. The van der Waals surface area contributed by atoms with Crippen molar-refractivity contribution >= 4 is 37.3 Å². The predicted molar refractivity (Wildman–Crippen MR) is 118 cm³/mol. The molecule has 0 fully saturated rings. The van der Waals surface area contributed by atoms with Gasteiger partial charge in [-0.15, -0.1) is 0 Å². The maximum Gasteiger partial charge on any atom is 0.332 e. The maximum absolute atomic E-state index is 5.85. The van der Waals surface area contributed by atoms with Crippen LogP contribution in [0.15, 0.2) is 84.9 Å². The molecule has 2 atom stereocenters. The fourth-order valence-corrected chi connectivity index (χ4v) is 2.68. The largest absolute Gasteiger partial charge is 0.416 e. The third-order valence-electron chi connectivity index (χ3n) is 4.08. The van der Waals surface area contributed by atoms with Gasteiger partial charge in [0.25, 0.3) is 0 Å². The molecule has 0 aliphatic rings. The topological polar surface area (TPSA) is 42.5 Å². The minimum Gasteiger partial charge on any atom is -0.416 e. The van der Waals surface area contributed by atoms with Crippen molar-refractivity contribution in [1.29, 1.82) is 0 Å². The first-order chi connectivity index (χ1) is 13.7. The second-order valence-corrected chi connectivity index (χ2v) is 6.44. The van der Waals surface area contributed by atoms with Crippen LogP contribution in [0.3, 0.4) is 0 Å². The van der Waals surface area contributed by atoms with Crippen molar-refractivity contribution in [2.24, 2.45) is 0 Å². The van der Waals surface area contributed by atoms with Crippen LogP contribution < -0.4 is 21.6 Å². The van der Waals surface area contributed by atoms with Crippen LogP contribution in [0.25, 0.3) is 0 Å². The highest BCUT2D eigenvalue weighted by Crippen LogP contribution is 2.08. The van der Waals surface area contributed by atoms with Gasteiger partial charge < -0.3 is 19.9 Å². The zero-order valence-electron chi connectivity index (χ0n) is 16.2. The summed E-state index contributed by atoms with van der Waals surface area (Å²) in [6.07, 6.45) is -0.315. The van der Waals surface area contributed by atoms with E-state index in [2.05, 4.69) is 10.6 Å². The molecule has 0 saturated carbocycles. The van der Waals surface area contributed by atoms with Crippen LogP contribution in [0.2, 0.25) is 0 Å². The minimum absolute atomic E-state index is 0.157. The van der Waals surface area contributed by atoms with Gasteiger partial charge in [-0.05, 0) is 38.1 Å². The predicted octanol–water partition coefficient (Wildman–Crippen LogP) is 3.13. The van der Waals surface area contributed by atoms with Gasteiger partial charge in [0, 0.05) is 11.4 Å². The Morgan fingerprint density at radius 1 is 0.571 bits per heavy atom. The quantitative estimate of drug-likeness (QED) is 0.425. The SMILES string of the molecule is CC(Nc1ccccc1)O[B]c1ccccc1[B]OC(C)Nc1ccccc1. The number of anilines is 2. The van der Waals surface area contributed by atoms with Crippen molar-refractivity contribution in [3.8, 4) is 0 Å². The molecule has 0 amide bonds. The van der Waals surface area contributed by atoms with Crippen LogP contribution in [0.4, 0.5) is 11.4 Å². The molecule has 3 aromatic carbocycles. The third-order valence-corrected chi connectivity index (χ3v) is 4.08. The monoisotopic (exact) mass is 370 g/mol. The number of para-hydroxylation sites is 2. The molecule has 6 heteroatoms. The van der Waals surface area contributed by atoms with Crippen LogP contribution in [-0.2, 0) is 9.31 Å². The lowest BCUT2D eigenvalue weighted by atomic mass is 9.73. The molecule has 0 spiro atoms. The first-order valence-electron chi connectivity index (χ1n) is 9.40. The van der Waals surface area contributed by atoms with Gasteiger partial charge in [-0.25, -0.2) is 0 Å². The van der Waals surface area contributed by atoms with Gasteiger partial charge in [-0.3, -0.25) is 0 Å². The van der Waals surface area contributed by atoms with Crippen molar-refractivity contribution in [2.75, 3.05) is 10.6 Å². The molecule has 2 radical (unpaired) electrons. The lowest BCUT2D eigenvalue weighted by molar-refractivity contribution is 0.267. The lowest BCUT2D eigenvalue weighted by Gasteiger charge is -2.18. The van der Waals surface area contributed by atoms with Gasteiger partial charge in [0.2, 0.25) is 0 Å². The summed E-state index contributed by atoms with van der Waals surface area (Å²) >= 11 is 0. The third kappa shape index (κ3) is 6.48. The van der Waals surface area contributed by atoms with Crippen LogP contribution in [0.1, 0.15) is 13.8 Å². The van der Waals surface area contributed by atoms with Crippen molar-refractivity contribution in [2.45, 2.75) is 26.3 Å². The summed E-state index contributed by atoms with van der Waals surface area (Å²) in [4.78, 5) is 0. The Hall–Kier alpha value is -2.69. The van der Waals surface area contributed by atoms with Crippen LogP contribution in [0.5, 0.6) is 0 Å². The van der Waals surface area contributed by atoms with Crippen LogP contribution in [0, 0.1) is 0 Å². The zero-order valence-corrected chi connectivity index (χ0v) is 16.2. The van der Waals surface area contributed by atoms with Crippen molar-refractivity contribution in [1.82, 2.24) is 0 Å². The Morgan fingerprint density at radius 3 is 1.32 bits per heavy atom. The fraction of sp³-hybridized carbons (Fsp3) is 0.182. The van der Waals surface area contributed by atoms with Gasteiger partial charge in [0.05, 0.1) is 0 Å². The average Bonchev–Trinajstić information content (AvgIpc) is 2.73. The molecule has 2 N–H and O–H groups in total. The van der Waals surface area contributed by atoms with E-state index in [-0.39, 0.29) is 12.5 Å². The number of hydrogen-bond acceptors (Lipinski definition) is 4. The molecule has 4 nitrogen and oxygen atoms in total. The Labute approximate surface area is 168 Å². The van der Waals surface area contributed by atoms with E-state index in [4.69, 9.17) is 9.31 Å². The van der Waals surface area contributed by atoms with Crippen molar-refractivity contribution in [3.63, 3.8) is 0 Å². The second-order valence-electron chi connectivity index (χ2n) is 6.44. The van der Waals surface area contributed by atoms with E-state index in [1.807, 2.05) is 98.8 Å². The molecule has 3 aromatic rings. The highest BCUT2D eigenvalue weighted by atomic mass is 16.5. The molecule has 0 aliphatic carbocycles. The van der Waals surface area contributed by atoms with E-state index in [1.165, 1.54) is 0 Å². The molecule has 0 saturated heterocycles. The first kappa shape index (κ1) is 20.1. The Balaban J connectivity index is 1.49. The number of rotatable bonds is 10. The van der Waals surface area contributed by atoms with E-state index in [1.54, 1.807) is 15.0 Å². The molecule has 0 bridgehead atoms. The Bertz CT molecular complexity index is 764. The molecule has 2 unspecified atom stereocenters. The summed E-state index contributed by atoms with van der Waals surface area (Å²) in [5.41, 5.74) is 3.95. The van der Waals surface area contributed by atoms with Crippen molar-refractivity contribution < 1.29 is 9.31 Å². The molecule has 3 rings (SSSR count). The summed E-state index contributed by atoms with van der Waals surface area (Å²) in [6, 6.07) is 27.9. The standard InChI is InChI=1S/C22H24B2N2O2/c1-17(25-19-11-5-3-6-12-19)27-23-21-15-9-10-16-22(21)24-28-18(2)26-20-13-7-4-8-14-20/h3-18,25-26H,1-2H3. The first-order valence-corrected chi connectivity index (χ1v) is 9.40. The summed E-state index contributed by atoms with van der Waals surface area (Å²) in [7, 11) is 3.51.